The second-order valence-corrected chi connectivity index (χ2v) is 4.68. The molecule has 1 saturated carbocycles. The molecule has 1 rings (SSSR count). The van der Waals surface area contributed by atoms with E-state index in [1.165, 1.54) is 0 Å². The quantitative estimate of drug-likeness (QED) is 0.744. The van der Waals surface area contributed by atoms with Crippen molar-refractivity contribution in [2.24, 2.45) is 5.41 Å². The molecule has 0 atom stereocenters. The first kappa shape index (κ1) is 13.8. The van der Waals surface area contributed by atoms with Crippen LogP contribution in [0.25, 0.3) is 0 Å². The zero-order valence-electron chi connectivity index (χ0n) is 10.7. The predicted octanol–water partition coefficient (Wildman–Crippen LogP) is 1.68. The lowest BCUT2D eigenvalue weighted by molar-refractivity contribution is -0.153. The Hall–Kier alpha value is -1.26. The maximum absolute atomic E-state index is 11.8. The molecular formula is C12H22N2O3. The highest BCUT2D eigenvalue weighted by molar-refractivity contribution is 5.78. The van der Waals surface area contributed by atoms with Crippen molar-refractivity contribution in [3.8, 4) is 0 Å². The first-order chi connectivity index (χ1) is 8.05. The number of nitrogens with one attached hydrogen (secondary N) is 1. The molecule has 0 aromatic heterocycles. The number of carbonyl (C=O) groups is 2. The molecule has 2 amide bonds. The van der Waals surface area contributed by atoms with Crippen molar-refractivity contribution in [3.63, 3.8) is 0 Å². The number of aliphatic carboxylic acids is 1. The van der Waals surface area contributed by atoms with Gasteiger partial charge in [0.25, 0.3) is 0 Å². The van der Waals surface area contributed by atoms with Gasteiger partial charge in [-0.3, -0.25) is 4.79 Å². The van der Waals surface area contributed by atoms with Gasteiger partial charge in [0.1, 0.15) is 0 Å². The Bertz CT molecular complexity index is 287. The Morgan fingerprint density at radius 2 is 2.00 bits per heavy atom. The van der Waals surface area contributed by atoms with Gasteiger partial charge in [0, 0.05) is 19.6 Å². The molecule has 0 aromatic rings. The topological polar surface area (TPSA) is 69.6 Å². The third kappa shape index (κ3) is 3.11. The molecule has 0 radical (unpaired) electrons. The maximum Gasteiger partial charge on any atom is 0.317 e. The predicted molar refractivity (Wildman–Crippen MR) is 64.9 cm³/mol. The number of hydrogen-bond donors (Lipinski definition) is 2. The SMILES string of the molecule is CCCN(CC)C(=O)NCC1(C(=O)O)CCC1. The van der Waals surface area contributed by atoms with Crippen LogP contribution in [-0.2, 0) is 4.79 Å². The first-order valence-corrected chi connectivity index (χ1v) is 6.32. The van der Waals surface area contributed by atoms with Crippen LogP contribution in [-0.4, -0.2) is 41.6 Å². The van der Waals surface area contributed by atoms with Crippen molar-refractivity contribution >= 4 is 12.0 Å². The summed E-state index contributed by atoms with van der Waals surface area (Å²) in [4.78, 5) is 24.6. The first-order valence-electron chi connectivity index (χ1n) is 6.32. The van der Waals surface area contributed by atoms with E-state index in [4.69, 9.17) is 5.11 Å². The van der Waals surface area contributed by atoms with Crippen molar-refractivity contribution in [3.05, 3.63) is 0 Å². The van der Waals surface area contributed by atoms with E-state index in [0.717, 1.165) is 12.8 Å². The Morgan fingerprint density at radius 1 is 1.35 bits per heavy atom. The number of rotatable bonds is 6. The van der Waals surface area contributed by atoms with E-state index in [9.17, 15) is 9.59 Å². The smallest absolute Gasteiger partial charge is 0.317 e. The number of carbonyl (C=O) groups excluding carboxylic acids is 1. The maximum atomic E-state index is 11.8. The van der Waals surface area contributed by atoms with E-state index < -0.39 is 11.4 Å². The summed E-state index contributed by atoms with van der Waals surface area (Å²) in [6, 6.07) is -0.151. The molecule has 0 saturated heterocycles. The molecule has 0 unspecified atom stereocenters. The Labute approximate surface area is 102 Å². The van der Waals surface area contributed by atoms with Gasteiger partial charge in [-0.25, -0.2) is 4.79 Å². The molecule has 1 aliphatic carbocycles. The number of carboxylic acids is 1. The summed E-state index contributed by atoms with van der Waals surface area (Å²) in [7, 11) is 0. The standard InChI is InChI=1S/C12H22N2O3/c1-3-8-14(4-2)11(17)13-9-12(10(15)16)6-5-7-12/h3-9H2,1-2H3,(H,13,17)(H,15,16). The van der Waals surface area contributed by atoms with Crippen LogP contribution in [0.4, 0.5) is 4.79 Å². The highest BCUT2D eigenvalue weighted by atomic mass is 16.4. The Morgan fingerprint density at radius 3 is 2.35 bits per heavy atom. The van der Waals surface area contributed by atoms with Crippen LogP contribution >= 0.6 is 0 Å². The van der Waals surface area contributed by atoms with E-state index in [-0.39, 0.29) is 12.6 Å². The summed E-state index contributed by atoms with van der Waals surface area (Å²) in [5, 5.41) is 11.9. The fraction of sp³-hybridized carbons (Fsp3) is 0.833. The molecule has 5 heteroatoms. The number of hydrogen-bond acceptors (Lipinski definition) is 2. The van der Waals surface area contributed by atoms with Crippen LogP contribution < -0.4 is 5.32 Å². The number of nitrogens with zero attached hydrogens (tertiary/aromatic N) is 1. The third-order valence-electron chi connectivity index (χ3n) is 3.50. The normalized spacial score (nSPS) is 17.1. The molecule has 98 valence electrons. The van der Waals surface area contributed by atoms with Crippen molar-refractivity contribution in [1.29, 1.82) is 0 Å². The number of carboxylic acid groups (broad SMARTS) is 1. The third-order valence-corrected chi connectivity index (χ3v) is 3.50. The lowest BCUT2D eigenvalue weighted by Gasteiger charge is -2.38. The van der Waals surface area contributed by atoms with Crippen LogP contribution in [0.3, 0.4) is 0 Å². The van der Waals surface area contributed by atoms with Crippen LogP contribution in [0.2, 0.25) is 0 Å². The zero-order valence-corrected chi connectivity index (χ0v) is 10.7. The Balaban J connectivity index is 2.43. The zero-order chi connectivity index (χ0) is 12.9. The summed E-state index contributed by atoms with van der Waals surface area (Å²) in [5.41, 5.74) is -0.707. The van der Waals surface area contributed by atoms with Crippen LogP contribution in [0.15, 0.2) is 0 Å². The molecule has 1 aliphatic rings. The van der Waals surface area contributed by atoms with Crippen LogP contribution in [0.5, 0.6) is 0 Å². The monoisotopic (exact) mass is 242 g/mol. The van der Waals surface area contributed by atoms with Gasteiger partial charge in [-0.2, -0.15) is 0 Å². The lowest BCUT2D eigenvalue weighted by atomic mass is 9.69. The molecule has 17 heavy (non-hydrogen) atoms. The van der Waals surface area contributed by atoms with Gasteiger partial charge in [0.2, 0.25) is 0 Å². The number of amides is 2. The fourth-order valence-electron chi connectivity index (χ4n) is 2.10. The van der Waals surface area contributed by atoms with Gasteiger partial charge < -0.3 is 15.3 Å². The van der Waals surface area contributed by atoms with Crippen molar-refractivity contribution in [2.45, 2.75) is 39.5 Å². The van der Waals surface area contributed by atoms with Gasteiger partial charge in [-0.1, -0.05) is 13.3 Å². The molecule has 0 bridgehead atoms. The van der Waals surface area contributed by atoms with E-state index in [1.54, 1.807) is 4.90 Å². The summed E-state index contributed by atoms with van der Waals surface area (Å²) < 4.78 is 0. The Kier molecular flexibility index (Phi) is 4.78. The second-order valence-electron chi connectivity index (χ2n) is 4.68. The fourth-order valence-corrected chi connectivity index (χ4v) is 2.10. The summed E-state index contributed by atoms with van der Waals surface area (Å²) in [5.74, 6) is -0.789. The van der Waals surface area contributed by atoms with Gasteiger partial charge >= 0.3 is 12.0 Å². The number of urea groups is 1. The average molecular weight is 242 g/mol. The minimum Gasteiger partial charge on any atom is -0.481 e. The van der Waals surface area contributed by atoms with E-state index >= 15 is 0 Å². The molecule has 0 aliphatic heterocycles. The lowest BCUT2D eigenvalue weighted by Crippen LogP contribution is -2.50. The largest absolute Gasteiger partial charge is 0.481 e. The average Bonchev–Trinajstić information content (AvgIpc) is 2.23. The van der Waals surface area contributed by atoms with Crippen molar-refractivity contribution in [1.82, 2.24) is 10.2 Å². The van der Waals surface area contributed by atoms with Gasteiger partial charge in [-0.05, 0) is 26.2 Å². The molecule has 1 fully saturated rings. The molecule has 5 nitrogen and oxygen atoms in total. The van der Waals surface area contributed by atoms with Gasteiger partial charge in [0.05, 0.1) is 5.41 Å². The molecule has 0 heterocycles. The van der Waals surface area contributed by atoms with Crippen LogP contribution in [0.1, 0.15) is 39.5 Å². The summed E-state index contributed by atoms with van der Waals surface area (Å²) >= 11 is 0. The van der Waals surface area contributed by atoms with Gasteiger partial charge in [-0.15, -0.1) is 0 Å². The second kappa shape index (κ2) is 5.89. The highest BCUT2D eigenvalue weighted by Crippen LogP contribution is 2.40. The van der Waals surface area contributed by atoms with Crippen LogP contribution in [0, 0.1) is 5.41 Å². The minimum absolute atomic E-state index is 0.151. The van der Waals surface area contributed by atoms with E-state index in [0.29, 0.717) is 25.9 Å². The molecular weight excluding hydrogens is 220 g/mol. The molecule has 2 N–H and O–H groups in total. The van der Waals surface area contributed by atoms with E-state index in [1.807, 2.05) is 13.8 Å². The summed E-state index contributed by atoms with van der Waals surface area (Å²) in [6.07, 6.45) is 3.19. The van der Waals surface area contributed by atoms with E-state index in [2.05, 4.69) is 5.32 Å². The molecule has 0 spiro atoms. The molecule has 0 aromatic carbocycles. The van der Waals surface area contributed by atoms with Gasteiger partial charge in [0.15, 0.2) is 0 Å². The highest BCUT2D eigenvalue weighted by Gasteiger charge is 2.44. The minimum atomic E-state index is -0.789. The van der Waals surface area contributed by atoms with Crippen molar-refractivity contribution in [2.75, 3.05) is 19.6 Å². The van der Waals surface area contributed by atoms with Crippen molar-refractivity contribution < 1.29 is 14.7 Å². The summed E-state index contributed by atoms with van der Waals surface area (Å²) in [6.45, 7) is 5.55.